The maximum Gasteiger partial charge on any atom is 0.155 e. The van der Waals surface area contributed by atoms with Crippen LogP contribution in [-0.2, 0) is 6.54 Å². The van der Waals surface area contributed by atoms with Crippen molar-refractivity contribution in [3.63, 3.8) is 0 Å². The Morgan fingerprint density at radius 2 is 2.41 bits per heavy atom. The first kappa shape index (κ1) is 11.5. The van der Waals surface area contributed by atoms with Gasteiger partial charge in [0.15, 0.2) is 5.65 Å². The third-order valence-corrected chi connectivity index (χ3v) is 4.51. The van der Waals surface area contributed by atoms with Gasteiger partial charge in [-0.15, -0.1) is 0 Å². The van der Waals surface area contributed by atoms with Crippen molar-refractivity contribution in [1.82, 2.24) is 19.7 Å². The molecule has 0 saturated carbocycles. The minimum Gasteiger partial charge on any atom is -0.308 e. The van der Waals surface area contributed by atoms with Crippen LogP contribution in [-0.4, -0.2) is 31.9 Å². The third kappa shape index (κ3) is 2.48. The Morgan fingerprint density at radius 1 is 1.47 bits per heavy atom. The van der Waals surface area contributed by atoms with Crippen molar-refractivity contribution in [2.24, 2.45) is 0 Å². The van der Waals surface area contributed by atoms with E-state index < -0.39 is 0 Å². The Kier molecular flexibility index (Phi) is 3.35. The largest absolute Gasteiger partial charge is 0.308 e. The zero-order valence-corrected chi connectivity index (χ0v) is 11.7. The van der Waals surface area contributed by atoms with E-state index >= 15 is 0 Å². The van der Waals surface area contributed by atoms with Gasteiger partial charge in [0, 0.05) is 24.5 Å². The fourth-order valence-electron chi connectivity index (χ4n) is 1.99. The Morgan fingerprint density at radius 3 is 3.24 bits per heavy atom. The first-order chi connectivity index (χ1) is 8.33. The van der Waals surface area contributed by atoms with E-state index in [1.165, 1.54) is 23.6 Å². The van der Waals surface area contributed by atoms with E-state index in [9.17, 15) is 0 Å². The molecule has 0 bridgehead atoms. The lowest BCUT2D eigenvalue weighted by molar-refractivity contribution is 0.550. The lowest BCUT2D eigenvalue weighted by atomic mass is 10.2. The molecule has 1 fully saturated rings. The summed E-state index contributed by atoms with van der Waals surface area (Å²) in [5, 5.41) is 3.58. The molecule has 1 unspecified atom stereocenters. The van der Waals surface area contributed by atoms with Gasteiger partial charge in [0.2, 0.25) is 0 Å². The van der Waals surface area contributed by atoms with Crippen molar-refractivity contribution < 1.29 is 0 Å². The average Bonchev–Trinajstić information content (AvgIpc) is 2.94. The first-order valence-electron chi connectivity index (χ1n) is 5.61. The smallest absolute Gasteiger partial charge is 0.155 e. The standard InChI is InChI=1S/C11H13BrN4S/c12-10-6-16-9(4-15-11(16)5-14-10)3-13-8-1-2-17-7-8/h4-6,8,13H,1-3,7H2. The summed E-state index contributed by atoms with van der Waals surface area (Å²) in [6.45, 7) is 0.864. The van der Waals surface area contributed by atoms with Gasteiger partial charge in [-0.05, 0) is 28.1 Å². The van der Waals surface area contributed by atoms with Crippen LogP contribution in [0.25, 0.3) is 5.65 Å². The summed E-state index contributed by atoms with van der Waals surface area (Å²) >= 11 is 5.41. The molecule has 0 aliphatic carbocycles. The van der Waals surface area contributed by atoms with Crippen molar-refractivity contribution in [2.75, 3.05) is 11.5 Å². The molecule has 0 spiro atoms. The number of imidazole rings is 1. The Balaban J connectivity index is 1.77. The number of rotatable bonds is 3. The normalized spacial score (nSPS) is 20.2. The Hall–Kier alpha value is -0.590. The van der Waals surface area contributed by atoms with E-state index in [0.717, 1.165) is 16.8 Å². The van der Waals surface area contributed by atoms with E-state index in [1.807, 2.05) is 24.2 Å². The Labute approximate surface area is 112 Å². The summed E-state index contributed by atoms with van der Waals surface area (Å²) in [5.41, 5.74) is 2.07. The zero-order valence-electron chi connectivity index (χ0n) is 9.27. The van der Waals surface area contributed by atoms with Crippen LogP contribution in [0.1, 0.15) is 12.1 Å². The van der Waals surface area contributed by atoms with Gasteiger partial charge >= 0.3 is 0 Å². The van der Waals surface area contributed by atoms with Gasteiger partial charge in [-0.25, -0.2) is 9.97 Å². The SMILES string of the molecule is Brc1cn2c(CNC3CCSC3)cnc2cn1. The number of hydrogen-bond donors (Lipinski definition) is 1. The van der Waals surface area contributed by atoms with Crippen LogP contribution in [0, 0.1) is 0 Å². The van der Waals surface area contributed by atoms with Crippen LogP contribution in [0.3, 0.4) is 0 Å². The molecule has 0 amide bonds. The van der Waals surface area contributed by atoms with Crippen LogP contribution in [0.5, 0.6) is 0 Å². The molecule has 6 heteroatoms. The minimum atomic E-state index is 0.649. The molecule has 2 aromatic rings. The number of halogens is 1. The number of nitrogens with zero attached hydrogens (tertiary/aromatic N) is 3. The molecular formula is C11H13BrN4S. The molecule has 0 radical (unpaired) electrons. The molecule has 1 saturated heterocycles. The van der Waals surface area contributed by atoms with Gasteiger partial charge in [0.25, 0.3) is 0 Å². The molecular weight excluding hydrogens is 300 g/mol. The quantitative estimate of drug-likeness (QED) is 0.942. The maximum absolute atomic E-state index is 4.34. The molecule has 1 aliphatic rings. The van der Waals surface area contributed by atoms with Gasteiger partial charge < -0.3 is 5.32 Å². The number of thioether (sulfide) groups is 1. The maximum atomic E-state index is 4.34. The van der Waals surface area contributed by atoms with Crippen molar-refractivity contribution >= 4 is 33.3 Å². The van der Waals surface area contributed by atoms with Gasteiger partial charge in [0.05, 0.1) is 18.1 Å². The van der Waals surface area contributed by atoms with Crippen molar-refractivity contribution in [3.05, 3.63) is 28.9 Å². The van der Waals surface area contributed by atoms with Gasteiger partial charge in [-0.2, -0.15) is 11.8 Å². The second-order valence-electron chi connectivity index (χ2n) is 4.13. The van der Waals surface area contributed by atoms with E-state index in [0.29, 0.717) is 6.04 Å². The average molecular weight is 313 g/mol. The summed E-state index contributed by atoms with van der Waals surface area (Å²) in [6.07, 6.45) is 6.92. The van der Waals surface area contributed by atoms with Gasteiger partial charge in [-0.1, -0.05) is 0 Å². The number of fused-ring (bicyclic) bond motifs is 1. The first-order valence-corrected chi connectivity index (χ1v) is 7.56. The molecule has 3 heterocycles. The highest BCUT2D eigenvalue weighted by Gasteiger charge is 2.15. The highest BCUT2D eigenvalue weighted by atomic mass is 79.9. The van der Waals surface area contributed by atoms with E-state index in [1.54, 1.807) is 6.20 Å². The molecule has 0 aromatic carbocycles. The summed E-state index contributed by atoms with van der Waals surface area (Å²) in [5.74, 6) is 2.50. The molecule has 3 rings (SSSR count). The summed E-state index contributed by atoms with van der Waals surface area (Å²) < 4.78 is 2.91. The number of nitrogens with one attached hydrogen (secondary N) is 1. The van der Waals surface area contributed by atoms with Crippen LogP contribution >= 0.6 is 27.7 Å². The molecule has 2 aromatic heterocycles. The molecule has 1 aliphatic heterocycles. The van der Waals surface area contributed by atoms with E-state index in [-0.39, 0.29) is 0 Å². The highest BCUT2D eigenvalue weighted by Crippen LogP contribution is 2.17. The number of hydrogen-bond acceptors (Lipinski definition) is 4. The van der Waals surface area contributed by atoms with Gasteiger partial charge in [0.1, 0.15) is 4.60 Å². The molecule has 1 N–H and O–H groups in total. The van der Waals surface area contributed by atoms with E-state index in [4.69, 9.17) is 0 Å². The lowest BCUT2D eigenvalue weighted by Crippen LogP contribution is -2.28. The summed E-state index contributed by atoms with van der Waals surface area (Å²) in [6, 6.07) is 0.649. The summed E-state index contributed by atoms with van der Waals surface area (Å²) in [4.78, 5) is 8.51. The predicted molar refractivity (Wildman–Crippen MR) is 73.3 cm³/mol. The topological polar surface area (TPSA) is 42.2 Å². The minimum absolute atomic E-state index is 0.649. The summed E-state index contributed by atoms with van der Waals surface area (Å²) in [7, 11) is 0. The van der Waals surface area contributed by atoms with Crippen LogP contribution in [0.2, 0.25) is 0 Å². The van der Waals surface area contributed by atoms with Crippen molar-refractivity contribution in [3.8, 4) is 0 Å². The Bertz CT molecular complexity index is 521. The van der Waals surface area contributed by atoms with Gasteiger partial charge in [-0.3, -0.25) is 4.40 Å². The second kappa shape index (κ2) is 4.96. The zero-order chi connectivity index (χ0) is 11.7. The predicted octanol–water partition coefficient (Wildman–Crippen LogP) is 2.09. The second-order valence-corrected chi connectivity index (χ2v) is 6.09. The molecule has 1 atom stereocenters. The highest BCUT2D eigenvalue weighted by molar-refractivity contribution is 9.10. The fourth-order valence-corrected chi connectivity index (χ4v) is 3.49. The van der Waals surface area contributed by atoms with Crippen LogP contribution < -0.4 is 5.32 Å². The monoisotopic (exact) mass is 312 g/mol. The lowest BCUT2D eigenvalue weighted by Gasteiger charge is -2.10. The van der Waals surface area contributed by atoms with E-state index in [2.05, 4.69) is 35.6 Å². The van der Waals surface area contributed by atoms with Crippen LogP contribution in [0.15, 0.2) is 23.2 Å². The van der Waals surface area contributed by atoms with Crippen molar-refractivity contribution in [2.45, 2.75) is 19.0 Å². The fraction of sp³-hybridized carbons (Fsp3) is 0.455. The van der Waals surface area contributed by atoms with Crippen molar-refractivity contribution in [1.29, 1.82) is 0 Å². The molecule has 4 nitrogen and oxygen atoms in total. The number of aromatic nitrogens is 3. The third-order valence-electron chi connectivity index (χ3n) is 2.94. The molecule has 17 heavy (non-hydrogen) atoms. The van der Waals surface area contributed by atoms with Crippen LogP contribution in [0.4, 0.5) is 0 Å². The molecule has 90 valence electrons.